The lowest BCUT2D eigenvalue weighted by Gasteiger charge is -2.10. The van der Waals surface area contributed by atoms with Crippen LogP contribution < -0.4 is 0 Å². The van der Waals surface area contributed by atoms with Gasteiger partial charge in [0.2, 0.25) is 0 Å². The van der Waals surface area contributed by atoms with Gasteiger partial charge in [0.15, 0.2) is 14.9 Å². The largest absolute Gasteiger partial charge is 0.267 e. The van der Waals surface area contributed by atoms with E-state index in [2.05, 4.69) is 30.1 Å². The molecule has 0 saturated heterocycles. The second-order valence-electron chi connectivity index (χ2n) is 5.45. The molecular weight excluding hydrogens is 284 g/mol. The van der Waals surface area contributed by atoms with Crippen LogP contribution in [0.2, 0.25) is 0 Å². The fraction of sp³-hybridized carbons (Fsp3) is 0.312. The van der Waals surface area contributed by atoms with E-state index < -0.39 is 9.84 Å². The summed E-state index contributed by atoms with van der Waals surface area (Å²) in [5.74, 6) is 0.385. The standard InChI is InChI=1S/C16H20N2O2S/c1-12(2)15-7-5-4-6-14(15)10-13(3)11-21(19,20)16-8-9-17-18-16/h4-10,12H,11H2,1-3H3,(H,17,18). The van der Waals surface area contributed by atoms with Gasteiger partial charge in [-0.05, 0) is 30.0 Å². The smallest absolute Gasteiger partial charge is 0.198 e. The molecule has 112 valence electrons. The summed E-state index contributed by atoms with van der Waals surface area (Å²) in [6.07, 6.45) is 3.39. The number of hydrogen-bond acceptors (Lipinski definition) is 3. The number of aromatic amines is 1. The van der Waals surface area contributed by atoms with Crippen LogP contribution >= 0.6 is 0 Å². The number of nitrogens with one attached hydrogen (secondary N) is 1. The minimum atomic E-state index is -3.36. The lowest BCUT2D eigenvalue weighted by molar-refractivity contribution is 0.594. The number of rotatable bonds is 5. The van der Waals surface area contributed by atoms with E-state index in [-0.39, 0.29) is 10.8 Å². The second kappa shape index (κ2) is 6.26. The van der Waals surface area contributed by atoms with Crippen LogP contribution in [0.1, 0.15) is 37.8 Å². The maximum Gasteiger partial charge on any atom is 0.198 e. The highest BCUT2D eigenvalue weighted by Gasteiger charge is 2.16. The van der Waals surface area contributed by atoms with E-state index in [1.165, 1.54) is 17.8 Å². The molecule has 1 heterocycles. The van der Waals surface area contributed by atoms with Gasteiger partial charge in [-0.2, -0.15) is 5.10 Å². The van der Waals surface area contributed by atoms with Crippen molar-refractivity contribution in [1.82, 2.24) is 10.2 Å². The maximum atomic E-state index is 12.2. The summed E-state index contributed by atoms with van der Waals surface area (Å²) < 4.78 is 24.4. The van der Waals surface area contributed by atoms with E-state index >= 15 is 0 Å². The van der Waals surface area contributed by atoms with Crippen LogP contribution in [-0.2, 0) is 9.84 Å². The molecule has 0 radical (unpaired) electrons. The molecule has 0 bridgehead atoms. The minimum Gasteiger partial charge on any atom is -0.267 e. The fourth-order valence-corrected chi connectivity index (χ4v) is 3.57. The van der Waals surface area contributed by atoms with Crippen molar-refractivity contribution in [3.63, 3.8) is 0 Å². The Balaban J connectivity index is 2.27. The first-order valence-electron chi connectivity index (χ1n) is 6.88. The molecule has 0 amide bonds. The van der Waals surface area contributed by atoms with Crippen LogP contribution in [0.15, 0.2) is 47.1 Å². The van der Waals surface area contributed by atoms with E-state index in [0.29, 0.717) is 5.92 Å². The summed E-state index contributed by atoms with van der Waals surface area (Å²) in [6, 6.07) is 9.54. The molecule has 5 heteroatoms. The molecule has 1 N–H and O–H groups in total. The highest BCUT2D eigenvalue weighted by Crippen LogP contribution is 2.22. The first-order chi connectivity index (χ1) is 9.90. The average molecular weight is 304 g/mol. The average Bonchev–Trinajstić information content (AvgIpc) is 2.92. The highest BCUT2D eigenvalue weighted by atomic mass is 32.2. The van der Waals surface area contributed by atoms with E-state index in [1.807, 2.05) is 31.2 Å². The molecule has 0 aliphatic heterocycles. The van der Waals surface area contributed by atoms with Gasteiger partial charge >= 0.3 is 0 Å². The lowest BCUT2D eigenvalue weighted by Crippen LogP contribution is -2.08. The third kappa shape index (κ3) is 3.82. The van der Waals surface area contributed by atoms with Crippen molar-refractivity contribution in [3.05, 3.63) is 53.2 Å². The molecule has 2 aromatic rings. The Labute approximate surface area is 125 Å². The van der Waals surface area contributed by atoms with E-state index in [0.717, 1.165) is 11.1 Å². The Hall–Kier alpha value is -1.88. The molecule has 0 saturated carbocycles. The van der Waals surface area contributed by atoms with Gasteiger partial charge in [-0.25, -0.2) is 8.42 Å². The second-order valence-corrected chi connectivity index (χ2v) is 7.41. The van der Waals surface area contributed by atoms with Gasteiger partial charge in [0, 0.05) is 0 Å². The monoisotopic (exact) mass is 304 g/mol. The SMILES string of the molecule is CC(=Cc1ccccc1C(C)C)CS(=O)(=O)c1ccn[nH]1. The predicted octanol–water partition coefficient (Wildman–Crippen LogP) is 3.41. The van der Waals surface area contributed by atoms with E-state index in [4.69, 9.17) is 0 Å². The van der Waals surface area contributed by atoms with Gasteiger partial charge in [-0.3, -0.25) is 5.10 Å². The minimum absolute atomic E-state index is 0.0123. The molecule has 1 aromatic carbocycles. The normalized spacial score (nSPS) is 12.9. The molecular formula is C16H20N2O2S. The topological polar surface area (TPSA) is 62.8 Å². The first kappa shape index (κ1) is 15.5. The van der Waals surface area contributed by atoms with E-state index in [1.54, 1.807) is 0 Å². The Morgan fingerprint density at radius 3 is 2.62 bits per heavy atom. The number of H-pyrrole nitrogens is 1. The highest BCUT2D eigenvalue weighted by molar-refractivity contribution is 7.91. The zero-order chi connectivity index (χ0) is 15.5. The summed E-state index contributed by atoms with van der Waals surface area (Å²) in [4.78, 5) is 0. The molecule has 2 rings (SSSR count). The quantitative estimate of drug-likeness (QED) is 0.920. The van der Waals surface area contributed by atoms with Crippen molar-refractivity contribution in [3.8, 4) is 0 Å². The number of aromatic nitrogens is 2. The number of nitrogens with zero attached hydrogens (tertiary/aromatic N) is 1. The summed E-state index contributed by atoms with van der Waals surface area (Å²) in [7, 11) is -3.36. The molecule has 0 aliphatic rings. The van der Waals surface area contributed by atoms with Crippen LogP contribution in [-0.4, -0.2) is 24.4 Å². The van der Waals surface area contributed by atoms with Crippen LogP contribution in [0.3, 0.4) is 0 Å². The van der Waals surface area contributed by atoms with Gasteiger partial charge in [0.1, 0.15) is 0 Å². The lowest BCUT2D eigenvalue weighted by atomic mass is 9.96. The van der Waals surface area contributed by atoms with Crippen LogP contribution in [0, 0.1) is 0 Å². The fourth-order valence-electron chi connectivity index (χ4n) is 2.27. The number of sulfone groups is 1. The van der Waals surface area contributed by atoms with Gasteiger partial charge in [0.05, 0.1) is 11.9 Å². The van der Waals surface area contributed by atoms with Crippen LogP contribution in [0.4, 0.5) is 0 Å². The van der Waals surface area contributed by atoms with Crippen molar-refractivity contribution in [2.24, 2.45) is 0 Å². The maximum absolute atomic E-state index is 12.2. The van der Waals surface area contributed by atoms with Gasteiger partial charge in [-0.15, -0.1) is 0 Å². The predicted molar refractivity (Wildman–Crippen MR) is 84.8 cm³/mol. The third-order valence-corrected chi connectivity index (χ3v) is 4.98. The first-order valence-corrected chi connectivity index (χ1v) is 8.53. The van der Waals surface area contributed by atoms with Crippen molar-refractivity contribution >= 4 is 15.9 Å². The number of benzene rings is 1. The molecule has 21 heavy (non-hydrogen) atoms. The van der Waals surface area contributed by atoms with Crippen LogP contribution in [0.25, 0.3) is 6.08 Å². The Bertz CT molecular complexity index is 729. The zero-order valence-corrected chi connectivity index (χ0v) is 13.3. The van der Waals surface area contributed by atoms with Crippen molar-refractivity contribution < 1.29 is 8.42 Å². The number of hydrogen-bond donors (Lipinski definition) is 1. The van der Waals surface area contributed by atoms with Gasteiger partial charge < -0.3 is 0 Å². The molecule has 1 aromatic heterocycles. The Morgan fingerprint density at radius 1 is 1.29 bits per heavy atom. The molecule has 4 nitrogen and oxygen atoms in total. The summed E-state index contributed by atoms with van der Waals surface area (Å²) >= 11 is 0. The summed E-state index contributed by atoms with van der Waals surface area (Å²) in [6.45, 7) is 6.09. The Morgan fingerprint density at radius 2 is 2.00 bits per heavy atom. The Kier molecular flexibility index (Phi) is 4.63. The zero-order valence-electron chi connectivity index (χ0n) is 12.5. The van der Waals surface area contributed by atoms with Crippen molar-refractivity contribution in [2.75, 3.05) is 5.75 Å². The molecule has 0 spiro atoms. The molecule has 0 unspecified atom stereocenters. The molecule has 0 fully saturated rings. The van der Waals surface area contributed by atoms with Crippen molar-refractivity contribution in [1.29, 1.82) is 0 Å². The van der Waals surface area contributed by atoms with Gasteiger partial charge in [0.25, 0.3) is 0 Å². The third-order valence-electron chi connectivity index (χ3n) is 3.25. The summed E-state index contributed by atoms with van der Waals surface area (Å²) in [5, 5.41) is 6.36. The van der Waals surface area contributed by atoms with Gasteiger partial charge in [-0.1, -0.05) is 49.8 Å². The molecule has 0 atom stereocenters. The van der Waals surface area contributed by atoms with E-state index in [9.17, 15) is 8.42 Å². The summed E-state index contributed by atoms with van der Waals surface area (Å²) in [5.41, 5.74) is 3.10. The van der Waals surface area contributed by atoms with Crippen LogP contribution in [0.5, 0.6) is 0 Å². The molecule has 0 aliphatic carbocycles. The van der Waals surface area contributed by atoms with Crippen molar-refractivity contribution in [2.45, 2.75) is 31.7 Å².